The molecule has 0 saturated heterocycles. The van der Waals surface area contributed by atoms with Crippen LogP contribution in [0.15, 0.2) is 18.2 Å². The Hall–Kier alpha value is -1.89. The lowest BCUT2D eigenvalue weighted by Crippen LogP contribution is -2.21. The van der Waals surface area contributed by atoms with E-state index in [9.17, 15) is 9.18 Å². The fraction of sp³-hybridized carbons (Fsp3) is 0.385. The van der Waals surface area contributed by atoms with Crippen molar-refractivity contribution in [2.75, 3.05) is 5.32 Å². The average Bonchev–Trinajstić information content (AvgIpc) is 2.82. The molecule has 0 bridgehead atoms. The van der Waals surface area contributed by atoms with Crippen LogP contribution in [-0.2, 0) is 4.79 Å². The summed E-state index contributed by atoms with van der Waals surface area (Å²) in [5, 5.41) is 11.5. The minimum absolute atomic E-state index is 0.00445. The molecule has 1 aromatic rings. The Kier molecular flexibility index (Phi) is 3.38. The average molecular weight is 232 g/mol. The predicted molar refractivity (Wildman–Crippen MR) is 61.7 cm³/mol. The molecule has 2 rings (SSSR count). The van der Waals surface area contributed by atoms with Gasteiger partial charge in [0, 0.05) is 5.92 Å². The Bertz CT molecular complexity index is 473. The third-order valence-corrected chi connectivity index (χ3v) is 3.11. The zero-order chi connectivity index (χ0) is 12.3. The van der Waals surface area contributed by atoms with E-state index >= 15 is 0 Å². The van der Waals surface area contributed by atoms with Gasteiger partial charge in [0.2, 0.25) is 5.91 Å². The van der Waals surface area contributed by atoms with Crippen molar-refractivity contribution in [2.45, 2.75) is 25.7 Å². The van der Waals surface area contributed by atoms with Gasteiger partial charge in [-0.1, -0.05) is 18.9 Å². The van der Waals surface area contributed by atoms with Gasteiger partial charge in [-0.25, -0.2) is 4.39 Å². The number of amides is 1. The molecule has 0 atom stereocenters. The molecule has 0 unspecified atom stereocenters. The van der Waals surface area contributed by atoms with Crippen LogP contribution in [0.1, 0.15) is 31.2 Å². The van der Waals surface area contributed by atoms with Crippen molar-refractivity contribution in [3.05, 3.63) is 29.6 Å². The molecule has 0 radical (unpaired) electrons. The van der Waals surface area contributed by atoms with Gasteiger partial charge in [0.05, 0.1) is 5.69 Å². The fourth-order valence-electron chi connectivity index (χ4n) is 2.16. The summed E-state index contributed by atoms with van der Waals surface area (Å²) in [7, 11) is 0. The van der Waals surface area contributed by atoms with Gasteiger partial charge < -0.3 is 5.32 Å². The molecular formula is C13H13FN2O. The van der Waals surface area contributed by atoms with Gasteiger partial charge in [0.25, 0.3) is 0 Å². The number of benzene rings is 1. The Morgan fingerprint density at radius 2 is 2.12 bits per heavy atom. The monoisotopic (exact) mass is 232 g/mol. The van der Waals surface area contributed by atoms with Crippen LogP contribution in [0, 0.1) is 23.1 Å². The molecule has 0 aliphatic heterocycles. The standard InChI is InChI=1S/C13H13FN2O/c14-11-6-3-7-12(10(11)8-15)16-13(17)9-4-1-2-5-9/h3,6-7,9H,1-2,4-5H2,(H,16,17). The van der Waals surface area contributed by atoms with Crippen LogP contribution < -0.4 is 5.32 Å². The summed E-state index contributed by atoms with van der Waals surface area (Å²) >= 11 is 0. The van der Waals surface area contributed by atoms with Crippen molar-refractivity contribution in [1.82, 2.24) is 0 Å². The van der Waals surface area contributed by atoms with Gasteiger partial charge in [-0.15, -0.1) is 0 Å². The van der Waals surface area contributed by atoms with Crippen LogP contribution in [0.25, 0.3) is 0 Å². The molecule has 0 aromatic heterocycles. The number of halogens is 1. The summed E-state index contributed by atoms with van der Waals surface area (Å²) in [5.74, 6) is -0.703. The maximum atomic E-state index is 13.3. The highest BCUT2D eigenvalue weighted by Crippen LogP contribution is 2.27. The first-order chi connectivity index (χ1) is 8.22. The summed E-state index contributed by atoms with van der Waals surface area (Å²) in [6, 6.07) is 6.02. The van der Waals surface area contributed by atoms with Gasteiger partial charge in [-0.3, -0.25) is 4.79 Å². The number of anilines is 1. The van der Waals surface area contributed by atoms with Crippen LogP contribution in [0.2, 0.25) is 0 Å². The van der Waals surface area contributed by atoms with Gasteiger partial charge >= 0.3 is 0 Å². The molecule has 0 spiro atoms. The molecule has 1 aromatic carbocycles. The Morgan fingerprint density at radius 1 is 1.41 bits per heavy atom. The molecule has 1 N–H and O–H groups in total. The number of nitriles is 1. The second kappa shape index (κ2) is 4.96. The summed E-state index contributed by atoms with van der Waals surface area (Å²) in [6.45, 7) is 0. The fourth-order valence-corrected chi connectivity index (χ4v) is 2.16. The van der Waals surface area contributed by atoms with E-state index in [1.807, 2.05) is 0 Å². The summed E-state index contributed by atoms with van der Waals surface area (Å²) in [6.07, 6.45) is 3.88. The quantitative estimate of drug-likeness (QED) is 0.852. The van der Waals surface area contributed by atoms with E-state index in [1.54, 1.807) is 12.1 Å². The molecule has 88 valence electrons. The first-order valence-electron chi connectivity index (χ1n) is 5.72. The third kappa shape index (κ3) is 2.44. The SMILES string of the molecule is N#Cc1c(F)cccc1NC(=O)C1CCCC1. The second-order valence-electron chi connectivity index (χ2n) is 4.24. The first kappa shape index (κ1) is 11.6. The lowest BCUT2D eigenvalue weighted by Gasteiger charge is -2.11. The van der Waals surface area contributed by atoms with E-state index in [1.165, 1.54) is 12.1 Å². The Balaban J connectivity index is 2.16. The third-order valence-electron chi connectivity index (χ3n) is 3.11. The normalized spacial score (nSPS) is 15.5. The van der Waals surface area contributed by atoms with Crippen LogP contribution in [0.3, 0.4) is 0 Å². The van der Waals surface area contributed by atoms with E-state index in [-0.39, 0.29) is 23.1 Å². The molecular weight excluding hydrogens is 219 g/mol. The van der Waals surface area contributed by atoms with Gasteiger partial charge in [0.1, 0.15) is 17.4 Å². The molecule has 1 saturated carbocycles. The lowest BCUT2D eigenvalue weighted by atomic mass is 10.1. The molecule has 0 heterocycles. The van der Waals surface area contributed by atoms with Crippen molar-refractivity contribution >= 4 is 11.6 Å². The number of carbonyl (C=O) groups is 1. The second-order valence-corrected chi connectivity index (χ2v) is 4.24. The molecule has 1 aliphatic rings. The highest BCUT2D eigenvalue weighted by Gasteiger charge is 2.23. The van der Waals surface area contributed by atoms with E-state index < -0.39 is 5.82 Å². The molecule has 1 amide bonds. The van der Waals surface area contributed by atoms with Crippen LogP contribution in [0.4, 0.5) is 10.1 Å². The number of hydrogen-bond acceptors (Lipinski definition) is 2. The number of nitrogens with zero attached hydrogens (tertiary/aromatic N) is 1. The maximum Gasteiger partial charge on any atom is 0.227 e. The summed E-state index contributed by atoms with van der Waals surface area (Å²) in [4.78, 5) is 11.9. The van der Waals surface area contributed by atoms with E-state index in [4.69, 9.17) is 5.26 Å². The van der Waals surface area contributed by atoms with Gasteiger partial charge in [-0.05, 0) is 25.0 Å². The van der Waals surface area contributed by atoms with E-state index in [2.05, 4.69) is 5.32 Å². The number of rotatable bonds is 2. The number of hydrogen-bond donors (Lipinski definition) is 1. The van der Waals surface area contributed by atoms with Crippen molar-refractivity contribution in [3.8, 4) is 6.07 Å². The number of carbonyl (C=O) groups excluding carboxylic acids is 1. The molecule has 4 heteroatoms. The molecule has 3 nitrogen and oxygen atoms in total. The largest absolute Gasteiger partial charge is 0.325 e. The van der Waals surface area contributed by atoms with Crippen molar-refractivity contribution in [1.29, 1.82) is 5.26 Å². The Morgan fingerprint density at radius 3 is 2.76 bits per heavy atom. The van der Waals surface area contributed by atoms with E-state index in [0.717, 1.165) is 25.7 Å². The minimum Gasteiger partial charge on any atom is -0.325 e. The van der Waals surface area contributed by atoms with Crippen molar-refractivity contribution in [3.63, 3.8) is 0 Å². The zero-order valence-corrected chi connectivity index (χ0v) is 9.37. The smallest absolute Gasteiger partial charge is 0.227 e. The molecule has 1 fully saturated rings. The van der Waals surface area contributed by atoms with Crippen LogP contribution >= 0.6 is 0 Å². The predicted octanol–water partition coefficient (Wildman–Crippen LogP) is 2.83. The van der Waals surface area contributed by atoms with Gasteiger partial charge in [-0.2, -0.15) is 5.26 Å². The molecule has 17 heavy (non-hydrogen) atoms. The van der Waals surface area contributed by atoms with Crippen molar-refractivity contribution in [2.24, 2.45) is 5.92 Å². The number of nitrogens with one attached hydrogen (secondary N) is 1. The van der Waals surface area contributed by atoms with Crippen LogP contribution in [-0.4, -0.2) is 5.91 Å². The highest BCUT2D eigenvalue weighted by molar-refractivity contribution is 5.93. The highest BCUT2D eigenvalue weighted by atomic mass is 19.1. The minimum atomic E-state index is -0.600. The summed E-state index contributed by atoms with van der Waals surface area (Å²) in [5.41, 5.74) is 0.170. The van der Waals surface area contributed by atoms with Crippen LogP contribution in [0.5, 0.6) is 0 Å². The Labute approximate surface area is 99.2 Å². The summed E-state index contributed by atoms with van der Waals surface area (Å²) < 4.78 is 13.3. The topological polar surface area (TPSA) is 52.9 Å². The van der Waals surface area contributed by atoms with Gasteiger partial charge in [0.15, 0.2) is 0 Å². The van der Waals surface area contributed by atoms with E-state index in [0.29, 0.717) is 0 Å². The van der Waals surface area contributed by atoms with Crippen molar-refractivity contribution < 1.29 is 9.18 Å². The lowest BCUT2D eigenvalue weighted by molar-refractivity contribution is -0.119. The first-order valence-corrected chi connectivity index (χ1v) is 5.72. The molecule has 1 aliphatic carbocycles. The maximum absolute atomic E-state index is 13.3. The zero-order valence-electron chi connectivity index (χ0n) is 9.37.